The molecule has 0 saturated heterocycles. The summed E-state index contributed by atoms with van der Waals surface area (Å²) in [6.45, 7) is 9.85. The van der Waals surface area contributed by atoms with E-state index in [1.165, 1.54) is 0 Å². The van der Waals surface area contributed by atoms with E-state index in [-0.39, 0.29) is 24.5 Å². The Hall–Kier alpha value is -1.36. The zero-order valence-corrected chi connectivity index (χ0v) is 13.1. The predicted molar refractivity (Wildman–Crippen MR) is 77.5 cm³/mol. The summed E-state index contributed by atoms with van der Waals surface area (Å²) >= 11 is 0. The number of carbonyl (C=O) groups is 1. The van der Waals surface area contributed by atoms with E-state index in [9.17, 15) is 9.90 Å². The molecule has 0 aromatic carbocycles. The molecule has 0 aliphatic heterocycles. The summed E-state index contributed by atoms with van der Waals surface area (Å²) in [6.07, 6.45) is 1.15. The Labute approximate surface area is 120 Å². The summed E-state index contributed by atoms with van der Waals surface area (Å²) < 4.78 is 5.13. The van der Waals surface area contributed by atoms with E-state index in [0.29, 0.717) is 12.3 Å². The minimum absolute atomic E-state index is 0.0242. The molecule has 2 N–H and O–H groups in total. The average Bonchev–Trinajstić information content (AvgIpc) is 2.67. The van der Waals surface area contributed by atoms with Gasteiger partial charge in [0, 0.05) is 12.0 Å². The van der Waals surface area contributed by atoms with Gasteiger partial charge in [-0.2, -0.15) is 0 Å². The van der Waals surface area contributed by atoms with Crippen molar-refractivity contribution in [2.45, 2.75) is 59.4 Å². The van der Waals surface area contributed by atoms with Gasteiger partial charge in [0.1, 0.15) is 5.76 Å². The first-order valence-electron chi connectivity index (χ1n) is 7.18. The van der Waals surface area contributed by atoms with Crippen molar-refractivity contribution in [1.82, 2.24) is 10.5 Å². The van der Waals surface area contributed by atoms with Gasteiger partial charge in [-0.25, -0.2) is 0 Å². The van der Waals surface area contributed by atoms with Crippen LogP contribution in [0, 0.1) is 19.8 Å². The monoisotopic (exact) mass is 282 g/mol. The molecule has 5 heteroatoms. The Bertz CT molecular complexity index is 421. The van der Waals surface area contributed by atoms with Gasteiger partial charge >= 0.3 is 0 Å². The van der Waals surface area contributed by atoms with Gasteiger partial charge in [0.15, 0.2) is 0 Å². The zero-order chi connectivity index (χ0) is 15.3. The molecule has 0 aliphatic carbocycles. The van der Waals surface area contributed by atoms with Crippen molar-refractivity contribution >= 4 is 5.91 Å². The maximum atomic E-state index is 12.0. The maximum Gasteiger partial charge on any atom is 0.220 e. The van der Waals surface area contributed by atoms with Gasteiger partial charge in [-0.15, -0.1) is 0 Å². The van der Waals surface area contributed by atoms with Crippen LogP contribution < -0.4 is 5.32 Å². The molecule has 0 radical (unpaired) electrons. The second kappa shape index (κ2) is 7.43. The average molecular weight is 282 g/mol. The molecule has 2 unspecified atom stereocenters. The third kappa shape index (κ3) is 4.63. The van der Waals surface area contributed by atoms with E-state index in [2.05, 4.69) is 24.3 Å². The van der Waals surface area contributed by atoms with Gasteiger partial charge in [-0.05, 0) is 32.1 Å². The predicted octanol–water partition coefficient (Wildman–Crippen LogP) is 2.31. The lowest BCUT2D eigenvalue weighted by Crippen LogP contribution is -2.38. The fourth-order valence-corrected chi connectivity index (χ4v) is 2.61. The van der Waals surface area contributed by atoms with Crippen LogP contribution in [0.4, 0.5) is 0 Å². The van der Waals surface area contributed by atoms with E-state index >= 15 is 0 Å². The highest BCUT2D eigenvalue weighted by Gasteiger charge is 2.20. The van der Waals surface area contributed by atoms with Gasteiger partial charge in [-0.3, -0.25) is 4.79 Å². The summed E-state index contributed by atoms with van der Waals surface area (Å²) in [6, 6.07) is -0.167. The second-order valence-corrected chi connectivity index (χ2v) is 5.92. The van der Waals surface area contributed by atoms with Crippen molar-refractivity contribution in [1.29, 1.82) is 0 Å². The lowest BCUT2D eigenvalue weighted by Gasteiger charge is -2.19. The number of hydrogen-bond acceptors (Lipinski definition) is 4. The van der Waals surface area contributed by atoms with Gasteiger partial charge in [0.2, 0.25) is 5.91 Å². The van der Waals surface area contributed by atoms with E-state index in [4.69, 9.17) is 4.52 Å². The number of amides is 1. The summed E-state index contributed by atoms with van der Waals surface area (Å²) in [7, 11) is 0. The number of aromatic nitrogens is 1. The van der Waals surface area contributed by atoms with Crippen LogP contribution in [0.1, 0.15) is 56.5 Å². The Morgan fingerprint density at radius 1 is 1.35 bits per heavy atom. The third-order valence-electron chi connectivity index (χ3n) is 3.41. The van der Waals surface area contributed by atoms with Crippen LogP contribution in [-0.4, -0.2) is 28.8 Å². The number of aliphatic hydroxyl groups is 1. The number of nitrogens with one attached hydrogen (secondary N) is 1. The summed E-state index contributed by atoms with van der Waals surface area (Å²) in [5.41, 5.74) is 1.84. The first-order valence-corrected chi connectivity index (χ1v) is 7.18. The molecular formula is C15H26N2O3. The lowest BCUT2D eigenvalue weighted by molar-refractivity contribution is -0.122. The van der Waals surface area contributed by atoms with Crippen molar-refractivity contribution in [3.63, 3.8) is 0 Å². The molecule has 5 nitrogen and oxygen atoms in total. The van der Waals surface area contributed by atoms with Crippen LogP contribution in [0.25, 0.3) is 0 Å². The van der Waals surface area contributed by atoms with Crippen LogP contribution in [-0.2, 0) is 4.79 Å². The van der Waals surface area contributed by atoms with Crippen LogP contribution in [0.5, 0.6) is 0 Å². The van der Waals surface area contributed by atoms with Crippen LogP contribution >= 0.6 is 0 Å². The molecule has 0 bridgehead atoms. The number of aryl methyl sites for hydroxylation is 2. The highest BCUT2D eigenvalue weighted by Crippen LogP contribution is 2.25. The second-order valence-electron chi connectivity index (χ2n) is 5.92. The van der Waals surface area contributed by atoms with E-state index in [1.54, 1.807) is 0 Å². The SMILES string of the molecule is Cc1noc(C)c1C(C)CC(=O)NC(CO)CC(C)C. The first-order chi connectivity index (χ1) is 9.35. The largest absolute Gasteiger partial charge is 0.394 e. The summed E-state index contributed by atoms with van der Waals surface area (Å²) in [5.74, 6) is 1.22. The number of aliphatic hydroxyl groups excluding tert-OH is 1. The highest BCUT2D eigenvalue weighted by atomic mass is 16.5. The van der Waals surface area contributed by atoms with Crippen LogP contribution in [0.2, 0.25) is 0 Å². The standard InChI is InChI=1S/C15H26N2O3/c1-9(2)6-13(8-18)16-14(19)7-10(3)15-11(4)17-20-12(15)5/h9-10,13,18H,6-8H2,1-5H3,(H,16,19). The summed E-state index contributed by atoms with van der Waals surface area (Å²) in [5, 5.41) is 16.1. The maximum absolute atomic E-state index is 12.0. The number of nitrogens with zero attached hydrogens (tertiary/aromatic N) is 1. The van der Waals surface area contributed by atoms with Crippen molar-refractivity contribution in [2.24, 2.45) is 5.92 Å². The van der Waals surface area contributed by atoms with E-state index in [1.807, 2.05) is 20.8 Å². The minimum Gasteiger partial charge on any atom is -0.394 e. The molecule has 0 aliphatic rings. The Morgan fingerprint density at radius 2 is 2.00 bits per heavy atom. The fraction of sp³-hybridized carbons (Fsp3) is 0.733. The number of carbonyl (C=O) groups excluding carboxylic acids is 1. The van der Waals surface area contributed by atoms with Crippen LogP contribution in [0.15, 0.2) is 4.52 Å². The molecule has 0 spiro atoms. The first kappa shape index (κ1) is 16.7. The van der Waals surface area contributed by atoms with Crippen molar-refractivity contribution < 1.29 is 14.4 Å². The molecule has 0 fully saturated rings. The number of rotatable bonds is 7. The van der Waals surface area contributed by atoms with Gasteiger partial charge in [0.25, 0.3) is 0 Å². The molecule has 20 heavy (non-hydrogen) atoms. The normalized spacial score (nSPS) is 14.3. The summed E-state index contributed by atoms with van der Waals surface area (Å²) in [4.78, 5) is 12.0. The molecule has 1 aromatic rings. The quantitative estimate of drug-likeness (QED) is 0.804. The van der Waals surface area contributed by atoms with Crippen molar-refractivity contribution in [3.05, 3.63) is 17.0 Å². The lowest BCUT2D eigenvalue weighted by atomic mass is 9.95. The smallest absolute Gasteiger partial charge is 0.220 e. The van der Waals surface area contributed by atoms with E-state index < -0.39 is 0 Å². The third-order valence-corrected chi connectivity index (χ3v) is 3.41. The highest BCUT2D eigenvalue weighted by molar-refractivity contribution is 5.77. The fourth-order valence-electron chi connectivity index (χ4n) is 2.61. The topological polar surface area (TPSA) is 75.4 Å². The minimum atomic E-state index is -0.167. The molecule has 114 valence electrons. The molecule has 1 aromatic heterocycles. The molecular weight excluding hydrogens is 256 g/mol. The zero-order valence-electron chi connectivity index (χ0n) is 13.1. The van der Waals surface area contributed by atoms with Gasteiger partial charge < -0.3 is 14.9 Å². The van der Waals surface area contributed by atoms with Gasteiger partial charge in [-0.1, -0.05) is 25.9 Å². The molecule has 2 atom stereocenters. The molecule has 1 rings (SSSR count). The van der Waals surface area contributed by atoms with Gasteiger partial charge in [0.05, 0.1) is 18.3 Å². The van der Waals surface area contributed by atoms with Crippen LogP contribution in [0.3, 0.4) is 0 Å². The Balaban J connectivity index is 2.57. The molecule has 0 saturated carbocycles. The van der Waals surface area contributed by atoms with Crippen molar-refractivity contribution in [2.75, 3.05) is 6.61 Å². The van der Waals surface area contributed by atoms with Crippen molar-refractivity contribution in [3.8, 4) is 0 Å². The number of hydrogen-bond donors (Lipinski definition) is 2. The molecule has 1 heterocycles. The Kier molecular flexibility index (Phi) is 6.20. The molecule has 1 amide bonds. The Morgan fingerprint density at radius 3 is 2.45 bits per heavy atom. The van der Waals surface area contributed by atoms with E-state index in [0.717, 1.165) is 23.4 Å².